The van der Waals surface area contributed by atoms with Crippen LogP contribution in [0.4, 0.5) is 4.39 Å². The number of halogens is 1. The summed E-state index contributed by atoms with van der Waals surface area (Å²) in [6.07, 6.45) is 0. The highest BCUT2D eigenvalue weighted by atomic mass is 19.1. The van der Waals surface area contributed by atoms with Gasteiger partial charge in [-0.15, -0.1) is 0 Å². The fraction of sp³-hybridized carbons (Fsp3) is 0.286. The molecule has 0 bridgehead atoms. The van der Waals surface area contributed by atoms with Crippen LogP contribution in [0.5, 0.6) is 11.5 Å². The number of aromatic nitrogens is 2. The molecule has 0 aliphatic heterocycles. The van der Waals surface area contributed by atoms with Crippen LogP contribution in [0.3, 0.4) is 0 Å². The molecule has 0 atom stereocenters. The van der Waals surface area contributed by atoms with Gasteiger partial charge in [-0.2, -0.15) is 5.10 Å². The molecule has 0 unspecified atom stereocenters. The third kappa shape index (κ3) is 4.11. The highest BCUT2D eigenvalue weighted by Crippen LogP contribution is 2.26. The minimum Gasteiger partial charge on any atom is -0.457 e. The zero-order valence-electron chi connectivity index (χ0n) is 15.6. The molecule has 3 aromatic rings. The van der Waals surface area contributed by atoms with Gasteiger partial charge in [0.1, 0.15) is 17.3 Å². The first kappa shape index (κ1) is 18.1. The topological polar surface area (TPSA) is 39.1 Å². The van der Waals surface area contributed by atoms with Crippen molar-refractivity contribution in [2.45, 2.75) is 33.9 Å². The van der Waals surface area contributed by atoms with Gasteiger partial charge in [-0.05, 0) is 62.2 Å². The fourth-order valence-corrected chi connectivity index (χ4v) is 2.97. The van der Waals surface area contributed by atoms with Crippen molar-refractivity contribution in [1.29, 1.82) is 0 Å². The monoisotopic (exact) mass is 353 g/mol. The zero-order valence-corrected chi connectivity index (χ0v) is 15.6. The Morgan fingerprint density at radius 1 is 1.04 bits per heavy atom. The number of aryl methyl sites for hydroxylation is 3. The Morgan fingerprint density at radius 2 is 1.77 bits per heavy atom. The summed E-state index contributed by atoms with van der Waals surface area (Å²) in [5.41, 5.74) is 5.74. The molecule has 0 spiro atoms. The quantitative estimate of drug-likeness (QED) is 0.706. The average Bonchev–Trinajstić information content (AvgIpc) is 2.85. The molecule has 2 aromatic carbocycles. The Bertz CT molecular complexity index is 900. The molecule has 0 amide bonds. The first-order valence-electron chi connectivity index (χ1n) is 8.67. The number of hydrogen-bond donors (Lipinski definition) is 1. The molecule has 0 saturated heterocycles. The summed E-state index contributed by atoms with van der Waals surface area (Å²) in [6, 6.07) is 12.1. The van der Waals surface area contributed by atoms with E-state index in [4.69, 9.17) is 4.74 Å². The Hall–Kier alpha value is -2.66. The van der Waals surface area contributed by atoms with E-state index in [1.54, 1.807) is 12.1 Å². The SMILES string of the molecule is Cc1cc(CNCc2c(C)nn(C)c2C)ccc1Oc1ccc(F)cc1. The van der Waals surface area contributed by atoms with Gasteiger partial charge in [0.2, 0.25) is 0 Å². The lowest BCUT2D eigenvalue weighted by Crippen LogP contribution is -2.14. The molecule has 1 N–H and O–H groups in total. The van der Waals surface area contributed by atoms with E-state index >= 15 is 0 Å². The molecule has 0 saturated carbocycles. The van der Waals surface area contributed by atoms with Crippen molar-refractivity contribution in [3.05, 3.63) is 76.4 Å². The van der Waals surface area contributed by atoms with Crippen LogP contribution in [-0.2, 0) is 20.1 Å². The molecular weight excluding hydrogens is 329 g/mol. The van der Waals surface area contributed by atoms with E-state index in [-0.39, 0.29) is 5.82 Å². The molecule has 0 fully saturated rings. The van der Waals surface area contributed by atoms with Crippen molar-refractivity contribution in [2.24, 2.45) is 7.05 Å². The third-order valence-electron chi connectivity index (χ3n) is 4.57. The Kier molecular flexibility index (Phi) is 5.38. The van der Waals surface area contributed by atoms with Crippen LogP contribution in [-0.4, -0.2) is 9.78 Å². The van der Waals surface area contributed by atoms with Crippen molar-refractivity contribution >= 4 is 0 Å². The molecule has 136 valence electrons. The third-order valence-corrected chi connectivity index (χ3v) is 4.57. The van der Waals surface area contributed by atoms with Crippen molar-refractivity contribution in [3.63, 3.8) is 0 Å². The minimum absolute atomic E-state index is 0.269. The van der Waals surface area contributed by atoms with Crippen LogP contribution in [0.2, 0.25) is 0 Å². The van der Waals surface area contributed by atoms with Gasteiger partial charge in [-0.1, -0.05) is 12.1 Å². The van der Waals surface area contributed by atoms with Crippen LogP contribution in [0.1, 0.15) is 28.1 Å². The van der Waals surface area contributed by atoms with E-state index in [2.05, 4.69) is 23.4 Å². The van der Waals surface area contributed by atoms with Crippen molar-refractivity contribution in [1.82, 2.24) is 15.1 Å². The summed E-state index contributed by atoms with van der Waals surface area (Å²) in [7, 11) is 1.97. The predicted molar refractivity (Wildman–Crippen MR) is 101 cm³/mol. The van der Waals surface area contributed by atoms with Gasteiger partial charge in [0.15, 0.2) is 0 Å². The molecular formula is C21H24FN3O. The number of ether oxygens (including phenoxy) is 1. The molecule has 1 heterocycles. The van der Waals surface area contributed by atoms with Crippen molar-refractivity contribution < 1.29 is 9.13 Å². The van der Waals surface area contributed by atoms with Crippen molar-refractivity contribution in [2.75, 3.05) is 0 Å². The van der Waals surface area contributed by atoms with Gasteiger partial charge in [0, 0.05) is 31.4 Å². The minimum atomic E-state index is -0.269. The maximum atomic E-state index is 13.0. The molecule has 0 radical (unpaired) electrons. The molecule has 0 aliphatic rings. The highest BCUT2D eigenvalue weighted by Gasteiger charge is 2.09. The Balaban J connectivity index is 1.61. The maximum Gasteiger partial charge on any atom is 0.130 e. The van der Waals surface area contributed by atoms with E-state index < -0.39 is 0 Å². The second-order valence-corrected chi connectivity index (χ2v) is 6.53. The van der Waals surface area contributed by atoms with Crippen LogP contribution >= 0.6 is 0 Å². The van der Waals surface area contributed by atoms with Gasteiger partial charge >= 0.3 is 0 Å². The fourth-order valence-electron chi connectivity index (χ4n) is 2.97. The first-order chi connectivity index (χ1) is 12.4. The standard InChI is InChI=1S/C21H24FN3O/c1-14-11-17(12-23-13-20-15(2)24-25(4)16(20)3)5-10-21(14)26-19-8-6-18(22)7-9-19/h5-11,23H,12-13H2,1-4H3. The molecule has 26 heavy (non-hydrogen) atoms. The summed E-state index contributed by atoms with van der Waals surface area (Å²) in [5, 5.41) is 7.92. The van der Waals surface area contributed by atoms with E-state index in [0.717, 1.165) is 30.1 Å². The van der Waals surface area contributed by atoms with Crippen LogP contribution in [0.25, 0.3) is 0 Å². The summed E-state index contributed by atoms with van der Waals surface area (Å²) < 4.78 is 20.7. The van der Waals surface area contributed by atoms with Crippen molar-refractivity contribution in [3.8, 4) is 11.5 Å². The lowest BCUT2D eigenvalue weighted by molar-refractivity contribution is 0.476. The summed E-state index contributed by atoms with van der Waals surface area (Å²) in [5.74, 6) is 1.14. The number of benzene rings is 2. The molecule has 1 aromatic heterocycles. The van der Waals surface area contributed by atoms with Gasteiger partial charge in [0.05, 0.1) is 5.69 Å². The molecule has 4 nitrogen and oxygen atoms in total. The summed E-state index contributed by atoms with van der Waals surface area (Å²) in [6.45, 7) is 7.69. The zero-order chi connectivity index (χ0) is 18.7. The van der Waals surface area contributed by atoms with E-state index in [0.29, 0.717) is 5.75 Å². The predicted octanol–water partition coefficient (Wildman–Crippen LogP) is 4.57. The van der Waals surface area contributed by atoms with Gasteiger partial charge in [-0.3, -0.25) is 4.68 Å². The van der Waals surface area contributed by atoms with Gasteiger partial charge in [0.25, 0.3) is 0 Å². The largest absolute Gasteiger partial charge is 0.457 e. The van der Waals surface area contributed by atoms with Gasteiger partial charge < -0.3 is 10.1 Å². The Labute approximate surface area is 153 Å². The second-order valence-electron chi connectivity index (χ2n) is 6.53. The lowest BCUT2D eigenvalue weighted by atomic mass is 10.1. The average molecular weight is 353 g/mol. The van der Waals surface area contributed by atoms with Crippen LogP contribution in [0.15, 0.2) is 42.5 Å². The van der Waals surface area contributed by atoms with E-state index in [1.807, 2.05) is 37.7 Å². The summed E-state index contributed by atoms with van der Waals surface area (Å²) >= 11 is 0. The number of nitrogens with zero attached hydrogens (tertiary/aromatic N) is 2. The Morgan fingerprint density at radius 3 is 2.38 bits per heavy atom. The normalized spacial score (nSPS) is 11.0. The molecule has 3 rings (SSSR count). The first-order valence-corrected chi connectivity index (χ1v) is 8.67. The lowest BCUT2D eigenvalue weighted by Gasteiger charge is -2.11. The second kappa shape index (κ2) is 7.70. The van der Waals surface area contributed by atoms with Crippen LogP contribution in [0, 0.1) is 26.6 Å². The molecule has 0 aliphatic carbocycles. The van der Waals surface area contributed by atoms with E-state index in [1.165, 1.54) is 29.0 Å². The highest BCUT2D eigenvalue weighted by molar-refractivity contribution is 5.39. The number of rotatable bonds is 6. The number of nitrogens with one attached hydrogen (secondary N) is 1. The van der Waals surface area contributed by atoms with E-state index in [9.17, 15) is 4.39 Å². The van der Waals surface area contributed by atoms with Gasteiger partial charge in [-0.25, -0.2) is 4.39 Å². The smallest absolute Gasteiger partial charge is 0.130 e. The summed E-state index contributed by atoms with van der Waals surface area (Å²) in [4.78, 5) is 0. The number of hydrogen-bond acceptors (Lipinski definition) is 3. The maximum absolute atomic E-state index is 13.0. The molecule has 5 heteroatoms. The van der Waals surface area contributed by atoms with Crippen LogP contribution < -0.4 is 10.1 Å².